The van der Waals surface area contributed by atoms with Crippen LogP contribution < -0.4 is 11.1 Å². The number of benzene rings is 2. The normalized spacial score (nSPS) is 11.8. The fourth-order valence-electron chi connectivity index (χ4n) is 1.71. The molecule has 2 aromatic rings. The fourth-order valence-corrected chi connectivity index (χ4v) is 1.71. The molecule has 3 heteroatoms. The van der Waals surface area contributed by atoms with E-state index in [-0.39, 0.29) is 5.91 Å². The van der Waals surface area contributed by atoms with Crippen molar-refractivity contribution < 1.29 is 4.79 Å². The van der Waals surface area contributed by atoms with E-state index in [1.807, 2.05) is 60.7 Å². The predicted octanol–water partition coefficient (Wildman–Crippen LogP) is 2.00. The number of rotatable bonds is 4. The van der Waals surface area contributed by atoms with Gasteiger partial charge in [-0.15, -0.1) is 0 Å². The molecule has 3 nitrogen and oxygen atoms in total. The second-order valence-corrected chi connectivity index (χ2v) is 4.09. The summed E-state index contributed by atoms with van der Waals surface area (Å²) in [6.45, 7) is 0.500. The highest BCUT2D eigenvalue weighted by molar-refractivity contribution is 5.82. The van der Waals surface area contributed by atoms with Gasteiger partial charge in [-0.25, -0.2) is 0 Å². The Morgan fingerprint density at radius 1 is 1.00 bits per heavy atom. The first-order valence-corrected chi connectivity index (χ1v) is 5.89. The monoisotopic (exact) mass is 240 g/mol. The van der Waals surface area contributed by atoms with Crippen molar-refractivity contribution in [1.82, 2.24) is 5.32 Å². The molecule has 0 bridgehead atoms. The predicted molar refractivity (Wildman–Crippen MR) is 71.7 cm³/mol. The summed E-state index contributed by atoms with van der Waals surface area (Å²) < 4.78 is 0. The number of nitrogens with two attached hydrogens (primary N) is 1. The van der Waals surface area contributed by atoms with Gasteiger partial charge in [-0.05, 0) is 11.1 Å². The average Bonchev–Trinajstić information content (AvgIpc) is 2.46. The third-order valence-corrected chi connectivity index (χ3v) is 2.75. The Morgan fingerprint density at radius 2 is 1.56 bits per heavy atom. The number of nitrogens with one attached hydrogen (secondary N) is 1. The van der Waals surface area contributed by atoms with Crippen molar-refractivity contribution in [2.45, 2.75) is 12.6 Å². The molecular weight excluding hydrogens is 224 g/mol. The van der Waals surface area contributed by atoms with Gasteiger partial charge in [-0.1, -0.05) is 60.7 Å². The van der Waals surface area contributed by atoms with Gasteiger partial charge in [0.2, 0.25) is 5.91 Å². The molecule has 2 aromatic carbocycles. The maximum absolute atomic E-state index is 11.9. The Hall–Kier alpha value is -2.13. The highest BCUT2D eigenvalue weighted by Crippen LogP contribution is 2.09. The Bertz CT molecular complexity index is 496. The maximum Gasteiger partial charge on any atom is 0.241 e. The van der Waals surface area contributed by atoms with Crippen LogP contribution in [0.3, 0.4) is 0 Å². The first-order valence-electron chi connectivity index (χ1n) is 5.89. The van der Waals surface area contributed by atoms with Crippen LogP contribution >= 0.6 is 0 Å². The van der Waals surface area contributed by atoms with Gasteiger partial charge in [0.05, 0.1) is 0 Å². The van der Waals surface area contributed by atoms with E-state index < -0.39 is 6.04 Å². The van der Waals surface area contributed by atoms with Crippen LogP contribution in [0.4, 0.5) is 0 Å². The molecule has 0 aliphatic heterocycles. The molecule has 3 N–H and O–H groups in total. The quantitative estimate of drug-likeness (QED) is 0.858. The van der Waals surface area contributed by atoms with E-state index in [4.69, 9.17) is 5.73 Å². The van der Waals surface area contributed by atoms with Gasteiger partial charge < -0.3 is 11.1 Å². The van der Waals surface area contributed by atoms with Crippen molar-refractivity contribution in [1.29, 1.82) is 0 Å². The molecule has 2 rings (SSSR count). The van der Waals surface area contributed by atoms with E-state index in [2.05, 4.69) is 5.32 Å². The maximum atomic E-state index is 11.9. The van der Waals surface area contributed by atoms with Gasteiger partial charge in [0.15, 0.2) is 0 Å². The lowest BCUT2D eigenvalue weighted by Crippen LogP contribution is -2.33. The van der Waals surface area contributed by atoms with Crippen molar-refractivity contribution >= 4 is 5.91 Å². The smallest absolute Gasteiger partial charge is 0.241 e. The van der Waals surface area contributed by atoms with Gasteiger partial charge in [0.25, 0.3) is 0 Å². The highest BCUT2D eigenvalue weighted by Gasteiger charge is 2.14. The molecular formula is C15H16N2O. The summed E-state index contributed by atoms with van der Waals surface area (Å²) in [5.41, 5.74) is 7.77. The number of amides is 1. The third-order valence-electron chi connectivity index (χ3n) is 2.75. The molecule has 92 valence electrons. The summed E-state index contributed by atoms with van der Waals surface area (Å²) in [7, 11) is 0. The number of hydrogen-bond acceptors (Lipinski definition) is 2. The van der Waals surface area contributed by atoms with Gasteiger partial charge in [0.1, 0.15) is 6.04 Å². The summed E-state index contributed by atoms with van der Waals surface area (Å²) in [5, 5.41) is 2.83. The second kappa shape index (κ2) is 5.98. The lowest BCUT2D eigenvalue weighted by atomic mass is 10.1. The third kappa shape index (κ3) is 3.18. The van der Waals surface area contributed by atoms with Crippen molar-refractivity contribution in [3.05, 3.63) is 71.8 Å². The summed E-state index contributed by atoms with van der Waals surface area (Å²) >= 11 is 0. The minimum Gasteiger partial charge on any atom is -0.350 e. The molecule has 18 heavy (non-hydrogen) atoms. The van der Waals surface area contributed by atoms with Crippen LogP contribution in [-0.4, -0.2) is 5.91 Å². The Labute approximate surface area is 107 Å². The first-order chi connectivity index (χ1) is 8.77. The SMILES string of the molecule is N[C@H](C(=O)NCc1ccccc1)c1ccccc1. The molecule has 0 saturated heterocycles. The van der Waals surface area contributed by atoms with E-state index in [1.165, 1.54) is 0 Å². The molecule has 0 saturated carbocycles. The Balaban J connectivity index is 1.93. The molecule has 1 amide bonds. The molecule has 0 aliphatic rings. The minimum atomic E-state index is -0.616. The fraction of sp³-hybridized carbons (Fsp3) is 0.133. The number of carbonyl (C=O) groups is 1. The Kier molecular flexibility index (Phi) is 4.10. The highest BCUT2D eigenvalue weighted by atomic mass is 16.2. The topological polar surface area (TPSA) is 55.1 Å². The van der Waals surface area contributed by atoms with Crippen molar-refractivity contribution in [3.63, 3.8) is 0 Å². The van der Waals surface area contributed by atoms with Crippen molar-refractivity contribution in [2.75, 3.05) is 0 Å². The van der Waals surface area contributed by atoms with E-state index in [0.29, 0.717) is 6.54 Å². The van der Waals surface area contributed by atoms with Gasteiger partial charge in [-0.3, -0.25) is 4.79 Å². The molecule has 0 aromatic heterocycles. The molecule has 0 heterocycles. The molecule has 0 aliphatic carbocycles. The zero-order chi connectivity index (χ0) is 12.8. The molecule has 0 unspecified atom stereocenters. The summed E-state index contributed by atoms with van der Waals surface area (Å²) in [4.78, 5) is 11.9. The summed E-state index contributed by atoms with van der Waals surface area (Å²) in [5.74, 6) is -0.162. The molecule has 0 fully saturated rings. The van der Waals surface area contributed by atoms with E-state index in [9.17, 15) is 4.79 Å². The van der Waals surface area contributed by atoms with E-state index >= 15 is 0 Å². The molecule has 0 spiro atoms. The zero-order valence-corrected chi connectivity index (χ0v) is 10.0. The number of hydrogen-bond donors (Lipinski definition) is 2. The standard InChI is InChI=1S/C15H16N2O/c16-14(13-9-5-2-6-10-13)15(18)17-11-12-7-3-1-4-8-12/h1-10,14H,11,16H2,(H,17,18)/t14-/m0/s1. The van der Waals surface area contributed by atoms with Crippen molar-refractivity contribution in [2.24, 2.45) is 5.73 Å². The van der Waals surface area contributed by atoms with Crippen LogP contribution in [0.15, 0.2) is 60.7 Å². The Morgan fingerprint density at radius 3 is 2.17 bits per heavy atom. The van der Waals surface area contributed by atoms with Crippen LogP contribution in [0.2, 0.25) is 0 Å². The van der Waals surface area contributed by atoms with Gasteiger partial charge >= 0.3 is 0 Å². The first kappa shape index (κ1) is 12.3. The summed E-state index contributed by atoms with van der Waals surface area (Å²) in [6.07, 6.45) is 0. The summed E-state index contributed by atoms with van der Waals surface area (Å²) in [6, 6.07) is 18.5. The van der Waals surface area contributed by atoms with Crippen LogP contribution in [-0.2, 0) is 11.3 Å². The van der Waals surface area contributed by atoms with Crippen LogP contribution in [0, 0.1) is 0 Å². The van der Waals surface area contributed by atoms with Crippen LogP contribution in [0.25, 0.3) is 0 Å². The van der Waals surface area contributed by atoms with Crippen molar-refractivity contribution in [3.8, 4) is 0 Å². The lowest BCUT2D eigenvalue weighted by molar-refractivity contribution is -0.122. The molecule has 0 radical (unpaired) electrons. The van der Waals surface area contributed by atoms with E-state index in [0.717, 1.165) is 11.1 Å². The minimum absolute atomic E-state index is 0.162. The van der Waals surface area contributed by atoms with Gasteiger partial charge in [0, 0.05) is 6.54 Å². The van der Waals surface area contributed by atoms with Crippen LogP contribution in [0.1, 0.15) is 17.2 Å². The second-order valence-electron chi connectivity index (χ2n) is 4.09. The van der Waals surface area contributed by atoms with E-state index in [1.54, 1.807) is 0 Å². The largest absolute Gasteiger partial charge is 0.350 e. The molecule has 1 atom stereocenters. The van der Waals surface area contributed by atoms with Gasteiger partial charge in [-0.2, -0.15) is 0 Å². The average molecular weight is 240 g/mol. The number of carbonyl (C=O) groups excluding carboxylic acids is 1. The van der Waals surface area contributed by atoms with Crippen LogP contribution in [0.5, 0.6) is 0 Å². The zero-order valence-electron chi connectivity index (χ0n) is 10.0. The lowest BCUT2D eigenvalue weighted by Gasteiger charge is -2.12.